The molecule has 3 rings (SSSR count). The third kappa shape index (κ3) is 8.25. The molecule has 43 heavy (non-hydrogen) atoms. The molecule has 0 saturated heterocycles. The fourth-order valence-electron chi connectivity index (χ4n) is 4.24. The van der Waals surface area contributed by atoms with Gasteiger partial charge in [0.25, 0.3) is 10.0 Å². The van der Waals surface area contributed by atoms with Crippen LogP contribution in [0.5, 0.6) is 17.2 Å². The predicted molar refractivity (Wildman–Crippen MR) is 167 cm³/mol. The van der Waals surface area contributed by atoms with Crippen LogP contribution in [0.25, 0.3) is 0 Å². The predicted octanol–water partition coefficient (Wildman–Crippen LogP) is 5.16. The first-order chi connectivity index (χ1) is 20.5. The van der Waals surface area contributed by atoms with E-state index in [-0.39, 0.29) is 39.6 Å². The van der Waals surface area contributed by atoms with Gasteiger partial charge in [-0.1, -0.05) is 42.3 Å². The van der Waals surface area contributed by atoms with E-state index in [2.05, 4.69) is 5.32 Å². The SMILES string of the molecule is CCCNC(=O)C(C)N(Cc1ccc(Cl)cc1)C(=O)CN(c1cc(Cl)ccc1OC)S(=O)(=O)c1ccc(OC)c(OC)c1. The molecule has 0 bridgehead atoms. The minimum absolute atomic E-state index is 0.0215. The molecule has 0 saturated carbocycles. The summed E-state index contributed by atoms with van der Waals surface area (Å²) in [6.45, 7) is 3.27. The third-order valence-corrected chi connectivity index (χ3v) is 8.86. The van der Waals surface area contributed by atoms with Crippen LogP contribution < -0.4 is 23.8 Å². The van der Waals surface area contributed by atoms with Gasteiger partial charge in [0.1, 0.15) is 18.3 Å². The van der Waals surface area contributed by atoms with Crippen LogP contribution in [0.2, 0.25) is 10.0 Å². The van der Waals surface area contributed by atoms with E-state index in [1.54, 1.807) is 37.3 Å². The van der Waals surface area contributed by atoms with E-state index < -0.39 is 28.5 Å². The lowest BCUT2D eigenvalue weighted by Gasteiger charge is -2.32. The Morgan fingerprint density at radius 1 is 0.860 bits per heavy atom. The highest BCUT2D eigenvalue weighted by Crippen LogP contribution is 2.37. The number of halogens is 2. The van der Waals surface area contributed by atoms with Crippen LogP contribution in [0.4, 0.5) is 5.69 Å². The number of carbonyl (C=O) groups is 2. The van der Waals surface area contributed by atoms with Gasteiger partial charge in [-0.05, 0) is 61.4 Å². The topological polar surface area (TPSA) is 114 Å². The van der Waals surface area contributed by atoms with Crippen LogP contribution >= 0.6 is 23.2 Å². The Hall–Kier alpha value is -3.67. The summed E-state index contributed by atoms with van der Waals surface area (Å²) < 4.78 is 45.4. The maximum Gasteiger partial charge on any atom is 0.265 e. The normalized spacial score (nSPS) is 11.8. The van der Waals surface area contributed by atoms with Crippen LogP contribution in [-0.4, -0.2) is 65.6 Å². The maximum atomic E-state index is 14.2. The molecule has 0 radical (unpaired) electrons. The second-order valence-corrected chi connectivity index (χ2v) is 12.2. The van der Waals surface area contributed by atoms with E-state index in [1.807, 2.05) is 6.92 Å². The molecule has 1 unspecified atom stereocenters. The zero-order chi connectivity index (χ0) is 31.7. The molecule has 10 nitrogen and oxygen atoms in total. The summed E-state index contributed by atoms with van der Waals surface area (Å²) in [7, 11) is -0.241. The summed E-state index contributed by atoms with van der Waals surface area (Å²) in [6.07, 6.45) is 0.704. The number of hydrogen-bond acceptors (Lipinski definition) is 7. The van der Waals surface area contributed by atoms with Crippen molar-refractivity contribution in [1.29, 1.82) is 0 Å². The molecule has 0 heterocycles. The number of benzene rings is 3. The molecule has 0 aliphatic rings. The van der Waals surface area contributed by atoms with Crippen LogP contribution in [-0.2, 0) is 26.2 Å². The Kier molecular flexibility index (Phi) is 11.9. The Bertz CT molecular complexity index is 1540. The first-order valence-electron chi connectivity index (χ1n) is 13.4. The van der Waals surface area contributed by atoms with Crippen LogP contribution in [0.1, 0.15) is 25.8 Å². The van der Waals surface area contributed by atoms with Crippen LogP contribution in [0, 0.1) is 0 Å². The van der Waals surface area contributed by atoms with Gasteiger partial charge in [0, 0.05) is 29.2 Å². The summed E-state index contributed by atoms with van der Waals surface area (Å²) in [5.74, 6) is -0.345. The summed E-state index contributed by atoms with van der Waals surface area (Å²) in [4.78, 5) is 28.3. The number of hydrogen-bond donors (Lipinski definition) is 1. The lowest BCUT2D eigenvalue weighted by Crippen LogP contribution is -2.51. The number of sulfonamides is 1. The van der Waals surface area contributed by atoms with Gasteiger partial charge in [-0.3, -0.25) is 13.9 Å². The fraction of sp³-hybridized carbons (Fsp3) is 0.333. The highest BCUT2D eigenvalue weighted by molar-refractivity contribution is 7.92. The van der Waals surface area contributed by atoms with E-state index in [4.69, 9.17) is 37.4 Å². The van der Waals surface area contributed by atoms with Gasteiger partial charge in [0.05, 0.1) is 31.9 Å². The summed E-state index contributed by atoms with van der Waals surface area (Å²) >= 11 is 12.3. The number of anilines is 1. The molecule has 232 valence electrons. The van der Waals surface area contributed by atoms with Crippen molar-refractivity contribution in [3.8, 4) is 17.2 Å². The van der Waals surface area contributed by atoms with Gasteiger partial charge in [-0.15, -0.1) is 0 Å². The third-order valence-electron chi connectivity index (χ3n) is 6.61. The minimum Gasteiger partial charge on any atom is -0.495 e. The molecule has 0 aliphatic carbocycles. The van der Waals surface area contributed by atoms with E-state index in [9.17, 15) is 18.0 Å². The van der Waals surface area contributed by atoms with Crippen molar-refractivity contribution in [2.75, 3.05) is 38.7 Å². The Balaban J connectivity index is 2.13. The zero-order valence-corrected chi connectivity index (χ0v) is 26.9. The van der Waals surface area contributed by atoms with Crippen LogP contribution in [0.3, 0.4) is 0 Å². The number of rotatable bonds is 14. The van der Waals surface area contributed by atoms with Gasteiger partial charge in [-0.25, -0.2) is 8.42 Å². The van der Waals surface area contributed by atoms with Crippen molar-refractivity contribution in [3.05, 3.63) is 76.3 Å². The number of amides is 2. The quantitative estimate of drug-likeness (QED) is 0.256. The zero-order valence-electron chi connectivity index (χ0n) is 24.6. The number of nitrogens with zero attached hydrogens (tertiary/aromatic N) is 2. The van der Waals surface area contributed by atoms with E-state index >= 15 is 0 Å². The van der Waals surface area contributed by atoms with E-state index in [0.29, 0.717) is 29.3 Å². The minimum atomic E-state index is -4.43. The number of ether oxygens (including phenoxy) is 3. The van der Waals surface area contributed by atoms with Gasteiger partial charge in [0.2, 0.25) is 11.8 Å². The smallest absolute Gasteiger partial charge is 0.265 e. The van der Waals surface area contributed by atoms with Gasteiger partial charge in [-0.2, -0.15) is 0 Å². The van der Waals surface area contributed by atoms with Crippen LogP contribution in [0.15, 0.2) is 65.6 Å². The molecular weight excluding hydrogens is 617 g/mol. The highest BCUT2D eigenvalue weighted by Gasteiger charge is 2.34. The van der Waals surface area contributed by atoms with Crippen molar-refractivity contribution in [2.24, 2.45) is 0 Å². The molecule has 0 spiro atoms. The average Bonchev–Trinajstić information content (AvgIpc) is 3.01. The first kappa shape index (κ1) is 33.8. The summed E-state index contributed by atoms with van der Waals surface area (Å²) in [5, 5.41) is 3.54. The molecule has 0 aromatic heterocycles. The largest absolute Gasteiger partial charge is 0.495 e. The monoisotopic (exact) mass is 651 g/mol. The Morgan fingerprint density at radius 3 is 2.07 bits per heavy atom. The standard InChI is InChI=1S/C30H35Cl2N3O7S/c1-6-15-33-30(37)20(2)34(18-21-7-9-22(31)10-8-21)29(36)19-35(25-16-23(32)11-13-26(25)40-3)43(38,39)24-12-14-27(41-4)28(17-24)42-5/h7-14,16-17,20H,6,15,18-19H2,1-5H3,(H,33,37). The number of methoxy groups -OCH3 is 3. The molecule has 13 heteroatoms. The molecule has 0 aliphatic heterocycles. The van der Waals surface area contributed by atoms with Crippen molar-refractivity contribution >= 4 is 50.7 Å². The van der Waals surface area contributed by atoms with Crippen molar-refractivity contribution in [1.82, 2.24) is 10.2 Å². The van der Waals surface area contributed by atoms with E-state index in [1.165, 1.54) is 56.6 Å². The second-order valence-electron chi connectivity index (χ2n) is 9.46. The molecule has 0 fully saturated rings. The Labute approximate surface area is 262 Å². The maximum absolute atomic E-state index is 14.2. The highest BCUT2D eigenvalue weighted by atomic mass is 35.5. The molecule has 3 aromatic carbocycles. The summed E-state index contributed by atoms with van der Waals surface area (Å²) in [5.41, 5.74) is 0.732. The van der Waals surface area contributed by atoms with Crippen molar-refractivity contribution < 1.29 is 32.2 Å². The lowest BCUT2D eigenvalue weighted by molar-refractivity contribution is -0.139. The second kappa shape index (κ2) is 15.2. The summed E-state index contributed by atoms with van der Waals surface area (Å²) in [6, 6.07) is 14.4. The van der Waals surface area contributed by atoms with Crippen molar-refractivity contribution in [3.63, 3.8) is 0 Å². The van der Waals surface area contributed by atoms with Gasteiger partial charge < -0.3 is 24.4 Å². The molecule has 3 aromatic rings. The number of carbonyl (C=O) groups excluding carboxylic acids is 2. The molecule has 2 amide bonds. The molecular formula is C30H35Cl2N3O7S. The fourth-order valence-corrected chi connectivity index (χ4v) is 5.97. The average molecular weight is 653 g/mol. The Morgan fingerprint density at radius 2 is 1.47 bits per heavy atom. The molecule has 1 atom stereocenters. The number of nitrogens with one attached hydrogen (secondary N) is 1. The lowest BCUT2D eigenvalue weighted by atomic mass is 10.1. The van der Waals surface area contributed by atoms with Gasteiger partial charge >= 0.3 is 0 Å². The van der Waals surface area contributed by atoms with E-state index in [0.717, 1.165) is 4.31 Å². The first-order valence-corrected chi connectivity index (χ1v) is 15.6. The van der Waals surface area contributed by atoms with Crippen molar-refractivity contribution in [2.45, 2.75) is 37.8 Å². The van der Waals surface area contributed by atoms with Gasteiger partial charge in [0.15, 0.2) is 11.5 Å². The molecule has 1 N–H and O–H groups in total.